The van der Waals surface area contributed by atoms with Gasteiger partial charge in [0.2, 0.25) is 0 Å². The summed E-state index contributed by atoms with van der Waals surface area (Å²) in [6.07, 6.45) is 0.790. The average molecular weight is 290 g/mol. The van der Waals surface area contributed by atoms with Crippen molar-refractivity contribution < 1.29 is 13.2 Å². The lowest BCUT2D eigenvalue weighted by Crippen LogP contribution is -2.35. The molecule has 1 aromatic rings. The maximum atomic E-state index is 12.2. The molecule has 1 amide bonds. The number of amides is 1. The monoisotopic (exact) mass is 289 g/mol. The zero-order chi connectivity index (χ0) is 13.9. The van der Waals surface area contributed by atoms with E-state index in [1.165, 1.54) is 23.1 Å². The molecule has 0 aliphatic rings. The minimum absolute atomic E-state index is 0.0311. The Hall–Kier alpha value is -1.07. The summed E-state index contributed by atoms with van der Waals surface area (Å²) in [6, 6.07) is 5.98. The Labute approximate surface area is 112 Å². The number of nitrogens with zero attached hydrogens (tertiary/aromatic N) is 1. The van der Waals surface area contributed by atoms with Crippen molar-refractivity contribution in [3.63, 3.8) is 0 Å². The van der Waals surface area contributed by atoms with Crippen LogP contribution in [0.2, 0.25) is 0 Å². The first-order chi connectivity index (χ1) is 8.29. The number of halogens is 1. The zero-order valence-corrected chi connectivity index (χ0v) is 12.1. The van der Waals surface area contributed by atoms with Crippen molar-refractivity contribution in [3.05, 3.63) is 29.8 Å². The summed E-state index contributed by atoms with van der Waals surface area (Å²) in [7, 11) is 3.05. The van der Waals surface area contributed by atoms with E-state index in [4.69, 9.17) is 10.7 Å². The first-order valence-corrected chi connectivity index (χ1v) is 7.90. The van der Waals surface area contributed by atoms with Crippen molar-refractivity contribution >= 4 is 25.6 Å². The van der Waals surface area contributed by atoms with Gasteiger partial charge in [-0.2, -0.15) is 0 Å². The average Bonchev–Trinajstić information content (AvgIpc) is 2.35. The standard InChI is InChI=1S/C12H16ClNO3S/c1-4-9(2)14(3)12(15)10-7-5-6-8-11(10)18(13,16)17/h5-9H,4H2,1-3H3. The third kappa shape index (κ3) is 3.23. The SMILES string of the molecule is CCC(C)N(C)C(=O)c1ccccc1S(=O)(=O)Cl. The minimum atomic E-state index is -3.92. The highest BCUT2D eigenvalue weighted by atomic mass is 35.7. The smallest absolute Gasteiger partial charge is 0.262 e. The molecule has 1 atom stereocenters. The van der Waals surface area contributed by atoms with E-state index in [9.17, 15) is 13.2 Å². The molecule has 0 bridgehead atoms. The number of hydrogen-bond acceptors (Lipinski definition) is 3. The molecule has 1 aromatic carbocycles. The van der Waals surface area contributed by atoms with Crippen molar-refractivity contribution in [3.8, 4) is 0 Å². The lowest BCUT2D eigenvalue weighted by Gasteiger charge is -2.24. The first kappa shape index (κ1) is 15.0. The molecule has 1 unspecified atom stereocenters. The normalized spacial score (nSPS) is 13.1. The van der Waals surface area contributed by atoms with E-state index in [1.807, 2.05) is 13.8 Å². The summed E-state index contributed by atoms with van der Waals surface area (Å²) in [6.45, 7) is 3.86. The summed E-state index contributed by atoms with van der Waals surface area (Å²) in [4.78, 5) is 13.6. The fraction of sp³-hybridized carbons (Fsp3) is 0.417. The van der Waals surface area contributed by atoms with Crippen LogP contribution in [0.3, 0.4) is 0 Å². The largest absolute Gasteiger partial charge is 0.339 e. The minimum Gasteiger partial charge on any atom is -0.339 e. The lowest BCUT2D eigenvalue weighted by molar-refractivity contribution is 0.0736. The second-order valence-electron chi connectivity index (χ2n) is 4.11. The molecule has 0 saturated heterocycles. The summed E-state index contributed by atoms with van der Waals surface area (Å²) in [5, 5.41) is 0. The molecule has 0 saturated carbocycles. The Morgan fingerprint density at radius 2 is 1.94 bits per heavy atom. The van der Waals surface area contributed by atoms with Gasteiger partial charge in [0.15, 0.2) is 0 Å². The summed E-state index contributed by atoms with van der Waals surface area (Å²) < 4.78 is 22.8. The van der Waals surface area contributed by atoms with Crippen LogP contribution >= 0.6 is 10.7 Å². The van der Waals surface area contributed by atoms with Crippen LogP contribution in [0.25, 0.3) is 0 Å². The molecule has 0 N–H and O–H groups in total. The van der Waals surface area contributed by atoms with Crippen molar-refractivity contribution in [1.29, 1.82) is 0 Å². The van der Waals surface area contributed by atoms with Crippen molar-refractivity contribution in [2.75, 3.05) is 7.05 Å². The van der Waals surface area contributed by atoms with Gasteiger partial charge in [-0.05, 0) is 25.5 Å². The van der Waals surface area contributed by atoms with E-state index in [2.05, 4.69) is 0 Å². The fourth-order valence-corrected chi connectivity index (χ4v) is 2.58. The van der Waals surface area contributed by atoms with Gasteiger partial charge in [0.25, 0.3) is 15.0 Å². The van der Waals surface area contributed by atoms with Crippen LogP contribution in [-0.4, -0.2) is 32.3 Å². The molecule has 1 rings (SSSR count). The highest BCUT2D eigenvalue weighted by molar-refractivity contribution is 8.13. The van der Waals surface area contributed by atoms with Gasteiger partial charge in [-0.1, -0.05) is 19.1 Å². The summed E-state index contributed by atoms with van der Waals surface area (Å²) >= 11 is 0. The molecular weight excluding hydrogens is 274 g/mol. The Balaban J connectivity index is 3.23. The summed E-state index contributed by atoms with van der Waals surface area (Å²) in [5.41, 5.74) is 0.107. The molecular formula is C12H16ClNO3S. The van der Waals surface area contributed by atoms with E-state index in [1.54, 1.807) is 13.1 Å². The first-order valence-electron chi connectivity index (χ1n) is 5.59. The van der Waals surface area contributed by atoms with Crippen molar-refractivity contribution in [2.24, 2.45) is 0 Å². The number of hydrogen-bond donors (Lipinski definition) is 0. The van der Waals surface area contributed by atoms with Crippen LogP contribution in [-0.2, 0) is 9.05 Å². The zero-order valence-electron chi connectivity index (χ0n) is 10.6. The van der Waals surface area contributed by atoms with Crippen LogP contribution in [0.1, 0.15) is 30.6 Å². The molecule has 0 aromatic heterocycles. The molecule has 4 nitrogen and oxygen atoms in total. The highest BCUT2D eigenvalue weighted by Crippen LogP contribution is 2.21. The molecule has 0 fully saturated rings. The topological polar surface area (TPSA) is 54.5 Å². The third-order valence-electron chi connectivity index (χ3n) is 2.95. The third-order valence-corrected chi connectivity index (χ3v) is 4.33. The Morgan fingerprint density at radius 1 is 1.39 bits per heavy atom. The van der Waals surface area contributed by atoms with E-state index in [0.717, 1.165) is 6.42 Å². The number of carbonyl (C=O) groups is 1. The Morgan fingerprint density at radius 3 is 2.44 bits per heavy atom. The number of carbonyl (C=O) groups excluding carboxylic acids is 1. The van der Waals surface area contributed by atoms with E-state index < -0.39 is 9.05 Å². The van der Waals surface area contributed by atoms with Crippen molar-refractivity contribution in [2.45, 2.75) is 31.2 Å². The molecule has 0 heterocycles. The van der Waals surface area contributed by atoms with Gasteiger partial charge in [-0.15, -0.1) is 0 Å². The maximum Gasteiger partial charge on any atom is 0.262 e. The molecule has 0 aliphatic carbocycles. The van der Waals surface area contributed by atoms with Crippen LogP contribution in [0.4, 0.5) is 0 Å². The Kier molecular flexibility index (Phi) is 4.76. The molecule has 18 heavy (non-hydrogen) atoms. The molecule has 6 heteroatoms. The second kappa shape index (κ2) is 5.71. The van der Waals surface area contributed by atoms with E-state index >= 15 is 0 Å². The van der Waals surface area contributed by atoms with Gasteiger partial charge in [0.1, 0.15) is 0 Å². The van der Waals surface area contributed by atoms with Crippen LogP contribution < -0.4 is 0 Å². The van der Waals surface area contributed by atoms with Gasteiger partial charge in [0, 0.05) is 23.8 Å². The van der Waals surface area contributed by atoms with E-state index in [-0.39, 0.29) is 22.4 Å². The summed E-state index contributed by atoms with van der Waals surface area (Å²) in [5.74, 6) is -0.343. The molecule has 0 spiro atoms. The van der Waals surface area contributed by atoms with Gasteiger partial charge < -0.3 is 4.90 Å². The van der Waals surface area contributed by atoms with Gasteiger partial charge in [0.05, 0.1) is 10.5 Å². The lowest BCUT2D eigenvalue weighted by atomic mass is 10.1. The predicted octanol–water partition coefficient (Wildman–Crippen LogP) is 2.48. The van der Waals surface area contributed by atoms with Gasteiger partial charge in [-0.3, -0.25) is 4.79 Å². The van der Waals surface area contributed by atoms with Crippen LogP contribution in [0.15, 0.2) is 29.2 Å². The van der Waals surface area contributed by atoms with Crippen LogP contribution in [0.5, 0.6) is 0 Å². The highest BCUT2D eigenvalue weighted by Gasteiger charge is 2.23. The Bertz CT molecular complexity index is 542. The number of benzene rings is 1. The molecule has 0 radical (unpaired) electrons. The van der Waals surface area contributed by atoms with E-state index in [0.29, 0.717) is 0 Å². The van der Waals surface area contributed by atoms with Crippen molar-refractivity contribution in [1.82, 2.24) is 4.90 Å². The quantitative estimate of drug-likeness (QED) is 0.800. The molecule has 0 aliphatic heterocycles. The van der Waals surface area contributed by atoms with Gasteiger partial charge >= 0.3 is 0 Å². The molecule has 100 valence electrons. The second-order valence-corrected chi connectivity index (χ2v) is 6.64. The van der Waals surface area contributed by atoms with Crippen LogP contribution in [0, 0.1) is 0 Å². The fourth-order valence-electron chi connectivity index (χ4n) is 1.52. The number of rotatable bonds is 4. The maximum absolute atomic E-state index is 12.2. The van der Waals surface area contributed by atoms with Gasteiger partial charge in [-0.25, -0.2) is 8.42 Å². The predicted molar refractivity (Wildman–Crippen MR) is 71.3 cm³/mol.